The van der Waals surface area contributed by atoms with Crippen molar-refractivity contribution in [3.05, 3.63) is 24.3 Å². The Morgan fingerprint density at radius 1 is 1.24 bits per heavy atom. The molecule has 0 aliphatic heterocycles. The van der Waals surface area contributed by atoms with E-state index in [4.69, 9.17) is 19.2 Å². The Balaban J connectivity index is 2.27. The molecule has 0 aromatic heterocycles. The maximum Gasteiger partial charge on any atom is 0.360 e. The van der Waals surface area contributed by atoms with Gasteiger partial charge in [0.25, 0.3) is 0 Å². The molecule has 0 bridgehead atoms. The molecule has 2 N–H and O–H groups in total. The third-order valence-electron chi connectivity index (χ3n) is 1.96. The average molecular weight is 239 g/mol. The fourth-order valence-corrected chi connectivity index (χ4v) is 1.23. The molecule has 5 nitrogen and oxygen atoms in total. The van der Waals surface area contributed by atoms with Crippen molar-refractivity contribution in [1.82, 2.24) is 5.23 Å². The molecule has 0 atom stereocenters. The van der Waals surface area contributed by atoms with E-state index in [2.05, 4.69) is 5.23 Å². The summed E-state index contributed by atoms with van der Waals surface area (Å²) < 4.78 is 15.6. The highest BCUT2D eigenvalue weighted by atomic mass is 16.5. The SMILES string of the molecule is COBNCCOc1cccc(OCCO)c1. The van der Waals surface area contributed by atoms with Crippen LogP contribution in [-0.2, 0) is 4.65 Å². The summed E-state index contributed by atoms with van der Waals surface area (Å²) in [4.78, 5) is 0. The minimum absolute atomic E-state index is 0.00597. The molecule has 0 unspecified atom stereocenters. The van der Waals surface area contributed by atoms with Crippen molar-refractivity contribution in [2.75, 3.05) is 33.5 Å². The summed E-state index contributed by atoms with van der Waals surface area (Å²) in [5, 5.41) is 11.7. The number of aliphatic hydroxyl groups excluding tert-OH is 1. The first kappa shape index (κ1) is 13.8. The van der Waals surface area contributed by atoms with Gasteiger partial charge in [-0.25, -0.2) is 0 Å². The number of hydrogen-bond donors (Lipinski definition) is 2. The molecular formula is C11H18BNO4. The van der Waals surface area contributed by atoms with Crippen LogP contribution in [0.2, 0.25) is 0 Å². The summed E-state index contributed by atoms with van der Waals surface area (Å²) in [5.74, 6) is 1.45. The van der Waals surface area contributed by atoms with Crippen LogP contribution in [0.3, 0.4) is 0 Å². The van der Waals surface area contributed by atoms with Crippen LogP contribution in [-0.4, -0.2) is 46.2 Å². The van der Waals surface area contributed by atoms with Crippen LogP contribution in [0.4, 0.5) is 0 Å². The van der Waals surface area contributed by atoms with E-state index >= 15 is 0 Å². The number of rotatable bonds is 9. The van der Waals surface area contributed by atoms with Crippen molar-refractivity contribution < 1.29 is 19.2 Å². The van der Waals surface area contributed by atoms with Crippen molar-refractivity contribution in [3.8, 4) is 11.5 Å². The second-order valence-electron chi connectivity index (χ2n) is 3.33. The van der Waals surface area contributed by atoms with Gasteiger partial charge in [-0.2, -0.15) is 0 Å². The molecule has 0 radical (unpaired) electrons. The van der Waals surface area contributed by atoms with Crippen LogP contribution in [0.25, 0.3) is 0 Å². The molecule has 0 saturated heterocycles. The summed E-state index contributed by atoms with van der Waals surface area (Å²) in [6.07, 6.45) is 0. The van der Waals surface area contributed by atoms with Crippen LogP contribution < -0.4 is 14.7 Å². The van der Waals surface area contributed by atoms with Crippen LogP contribution in [0.15, 0.2) is 24.3 Å². The highest BCUT2D eigenvalue weighted by Gasteiger charge is 1.97. The predicted octanol–water partition coefficient (Wildman–Crippen LogP) is -0.0610. The maximum atomic E-state index is 8.64. The lowest BCUT2D eigenvalue weighted by molar-refractivity contribution is 0.200. The normalized spacial score (nSPS) is 10.0. The Hall–Kier alpha value is -1.24. The molecule has 0 heterocycles. The molecule has 1 aromatic rings. The third kappa shape index (κ3) is 6.16. The van der Waals surface area contributed by atoms with E-state index < -0.39 is 0 Å². The van der Waals surface area contributed by atoms with Crippen LogP contribution in [0.5, 0.6) is 11.5 Å². The molecule has 0 aliphatic rings. The molecule has 6 heteroatoms. The Morgan fingerprint density at radius 2 is 1.94 bits per heavy atom. The van der Waals surface area contributed by atoms with Gasteiger partial charge in [0.2, 0.25) is 0 Å². The molecule has 1 rings (SSSR count). The minimum atomic E-state index is 0.00597. The Bertz CT molecular complexity index is 311. The van der Waals surface area contributed by atoms with Crippen molar-refractivity contribution in [3.63, 3.8) is 0 Å². The molecule has 1 aromatic carbocycles. The predicted molar refractivity (Wildman–Crippen MR) is 66.7 cm³/mol. The van der Waals surface area contributed by atoms with Crippen LogP contribution in [0.1, 0.15) is 0 Å². The van der Waals surface area contributed by atoms with E-state index in [1.165, 1.54) is 0 Å². The van der Waals surface area contributed by atoms with Gasteiger partial charge in [0, 0.05) is 19.7 Å². The summed E-state index contributed by atoms with van der Waals surface area (Å²) in [5.41, 5.74) is 0. The second kappa shape index (κ2) is 8.86. The number of nitrogens with one attached hydrogen (secondary N) is 1. The van der Waals surface area contributed by atoms with Gasteiger partial charge in [-0.05, 0) is 12.1 Å². The lowest BCUT2D eigenvalue weighted by atomic mass is 10.3. The Labute approximate surface area is 102 Å². The fraction of sp³-hybridized carbons (Fsp3) is 0.455. The number of hydrogen-bond acceptors (Lipinski definition) is 5. The second-order valence-corrected chi connectivity index (χ2v) is 3.33. The van der Waals surface area contributed by atoms with Crippen molar-refractivity contribution in [2.45, 2.75) is 0 Å². The fourth-order valence-electron chi connectivity index (χ4n) is 1.23. The number of ether oxygens (including phenoxy) is 2. The average Bonchev–Trinajstić information content (AvgIpc) is 2.37. The molecule has 0 spiro atoms. The monoisotopic (exact) mass is 239 g/mol. The lowest BCUT2D eigenvalue weighted by Crippen LogP contribution is -2.26. The number of benzene rings is 1. The van der Waals surface area contributed by atoms with Crippen molar-refractivity contribution >= 4 is 7.62 Å². The Kier molecular flexibility index (Phi) is 7.21. The minimum Gasteiger partial charge on any atom is -0.492 e. The first-order valence-corrected chi connectivity index (χ1v) is 5.53. The van der Waals surface area contributed by atoms with Crippen LogP contribution in [0, 0.1) is 0 Å². The number of aliphatic hydroxyl groups is 1. The van der Waals surface area contributed by atoms with Gasteiger partial charge in [0.05, 0.1) is 13.2 Å². The van der Waals surface area contributed by atoms with Gasteiger partial charge in [0.15, 0.2) is 0 Å². The zero-order valence-electron chi connectivity index (χ0n) is 10.0. The van der Waals surface area contributed by atoms with E-state index in [9.17, 15) is 0 Å². The van der Waals surface area contributed by atoms with Crippen LogP contribution >= 0.6 is 0 Å². The van der Waals surface area contributed by atoms with E-state index in [1.807, 2.05) is 18.2 Å². The van der Waals surface area contributed by atoms with E-state index in [-0.39, 0.29) is 6.61 Å². The summed E-state index contributed by atoms with van der Waals surface area (Å²) >= 11 is 0. The summed E-state index contributed by atoms with van der Waals surface area (Å²) in [7, 11) is 2.15. The largest absolute Gasteiger partial charge is 0.492 e. The topological polar surface area (TPSA) is 60.0 Å². The zero-order chi connectivity index (χ0) is 12.3. The highest BCUT2D eigenvalue weighted by Crippen LogP contribution is 2.18. The first-order chi connectivity index (χ1) is 8.36. The summed E-state index contributed by atoms with van der Waals surface area (Å²) in [6, 6.07) is 7.34. The van der Waals surface area contributed by atoms with E-state index in [1.54, 1.807) is 13.2 Å². The maximum absolute atomic E-state index is 8.64. The zero-order valence-corrected chi connectivity index (χ0v) is 10.0. The molecule has 0 saturated carbocycles. The molecule has 17 heavy (non-hydrogen) atoms. The van der Waals surface area contributed by atoms with Crippen molar-refractivity contribution in [1.29, 1.82) is 0 Å². The quantitative estimate of drug-likeness (QED) is 0.467. The van der Waals surface area contributed by atoms with Gasteiger partial charge in [-0.15, -0.1) is 0 Å². The summed E-state index contributed by atoms with van der Waals surface area (Å²) in [6.45, 7) is 1.58. The van der Waals surface area contributed by atoms with Gasteiger partial charge in [-0.1, -0.05) is 6.07 Å². The molecular weight excluding hydrogens is 221 g/mol. The third-order valence-corrected chi connectivity index (χ3v) is 1.96. The first-order valence-electron chi connectivity index (χ1n) is 5.53. The highest BCUT2D eigenvalue weighted by molar-refractivity contribution is 6.23. The van der Waals surface area contributed by atoms with Gasteiger partial charge in [0.1, 0.15) is 18.1 Å². The molecule has 0 amide bonds. The lowest BCUT2D eigenvalue weighted by Gasteiger charge is -2.09. The standard InChI is InChI=1S/C11H18BNO4/c1-15-12-13-5-7-16-10-3-2-4-11(9-10)17-8-6-14/h2-4,9,12-14H,5-8H2,1H3. The smallest absolute Gasteiger partial charge is 0.360 e. The van der Waals surface area contributed by atoms with E-state index in [0.29, 0.717) is 26.6 Å². The van der Waals surface area contributed by atoms with Crippen molar-refractivity contribution in [2.24, 2.45) is 0 Å². The van der Waals surface area contributed by atoms with Gasteiger partial charge < -0.3 is 24.5 Å². The van der Waals surface area contributed by atoms with Gasteiger partial charge in [-0.3, -0.25) is 0 Å². The molecule has 0 aliphatic carbocycles. The Morgan fingerprint density at radius 3 is 2.59 bits per heavy atom. The van der Waals surface area contributed by atoms with Gasteiger partial charge >= 0.3 is 7.62 Å². The molecule has 94 valence electrons. The van der Waals surface area contributed by atoms with E-state index in [0.717, 1.165) is 12.3 Å². The molecule has 0 fully saturated rings.